The van der Waals surface area contributed by atoms with Crippen LogP contribution in [0.15, 0.2) is 18.2 Å². The number of halogens is 1. The molecule has 1 aromatic carbocycles. The van der Waals surface area contributed by atoms with Crippen molar-refractivity contribution in [2.75, 3.05) is 0 Å². The summed E-state index contributed by atoms with van der Waals surface area (Å²) in [6, 6.07) is 6.18. The molecule has 0 unspecified atom stereocenters. The highest BCUT2D eigenvalue weighted by Gasteiger charge is 2.51. The summed E-state index contributed by atoms with van der Waals surface area (Å²) in [5.74, 6) is 0.616. The van der Waals surface area contributed by atoms with Gasteiger partial charge < -0.3 is 9.31 Å². The second-order valence-corrected chi connectivity index (χ2v) is 7.40. The average molecular weight is 293 g/mol. The molecule has 0 N–H and O–H groups in total. The zero-order chi connectivity index (χ0) is 14.5. The first-order valence-electron chi connectivity index (χ1n) is 7.45. The minimum Gasteiger partial charge on any atom is -0.399 e. The van der Waals surface area contributed by atoms with Crippen LogP contribution in [-0.2, 0) is 9.31 Å². The molecule has 0 atom stereocenters. The Bertz CT molecular complexity index is 507. The molecule has 0 spiro atoms. The smallest absolute Gasteiger partial charge is 0.399 e. The minimum atomic E-state index is -0.298. The van der Waals surface area contributed by atoms with Crippen LogP contribution in [0.2, 0.25) is 5.02 Å². The van der Waals surface area contributed by atoms with Gasteiger partial charge in [0, 0.05) is 5.02 Å². The Kier molecular flexibility index (Phi) is 3.43. The van der Waals surface area contributed by atoms with Crippen molar-refractivity contribution in [2.24, 2.45) is 0 Å². The lowest BCUT2D eigenvalue weighted by atomic mass is 9.74. The van der Waals surface area contributed by atoms with Gasteiger partial charge in [-0.05, 0) is 63.5 Å². The Morgan fingerprint density at radius 1 is 1.10 bits per heavy atom. The molecular weight excluding hydrogens is 270 g/mol. The largest absolute Gasteiger partial charge is 0.494 e. The van der Waals surface area contributed by atoms with Crippen LogP contribution in [0.1, 0.15) is 58.4 Å². The van der Waals surface area contributed by atoms with E-state index in [2.05, 4.69) is 33.8 Å². The van der Waals surface area contributed by atoms with Crippen LogP contribution in [0, 0.1) is 0 Å². The van der Waals surface area contributed by atoms with Gasteiger partial charge in [0.15, 0.2) is 0 Å². The van der Waals surface area contributed by atoms with Crippen molar-refractivity contribution in [3.8, 4) is 0 Å². The Labute approximate surface area is 126 Å². The average Bonchev–Trinajstić information content (AvgIpc) is 2.49. The molecule has 4 heteroatoms. The van der Waals surface area contributed by atoms with E-state index < -0.39 is 0 Å². The first kappa shape index (κ1) is 14.4. The third kappa shape index (κ3) is 2.30. The molecule has 1 saturated heterocycles. The van der Waals surface area contributed by atoms with Crippen LogP contribution in [-0.4, -0.2) is 18.3 Å². The molecule has 0 bridgehead atoms. The first-order valence-corrected chi connectivity index (χ1v) is 7.83. The van der Waals surface area contributed by atoms with Crippen molar-refractivity contribution >= 4 is 24.2 Å². The van der Waals surface area contributed by atoms with Crippen LogP contribution in [0.25, 0.3) is 0 Å². The second kappa shape index (κ2) is 4.76. The second-order valence-electron chi connectivity index (χ2n) is 7.00. The summed E-state index contributed by atoms with van der Waals surface area (Å²) in [5.41, 5.74) is 1.74. The summed E-state index contributed by atoms with van der Waals surface area (Å²) in [7, 11) is -0.295. The number of hydrogen-bond acceptors (Lipinski definition) is 2. The summed E-state index contributed by atoms with van der Waals surface area (Å²) >= 11 is 6.34. The Morgan fingerprint density at radius 2 is 1.70 bits per heavy atom. The fourth-order valence-corrected chi connectivity index (χ4v) is 2.99. The fraction of sp³-hybridized carbons (Fsp3) is 0.625. The van der Waals surface area contributed by atoms with E-state index in [-0.39, 0.29) is 18.3 Å². The highest BCUT2D eigenvalue weighted by molar-refractivity contribution is 6.62. The summed E-state index contributed by atoms with van der Waals surface area (Å²) in [4.78, 5) is 0. The zero-order valence-electron chi connectivity index (χ0n) is 12.7. The molecule has 1 aliphatic heterocycles. The van der Waals surface area contributed by atoms with Crippen molar-refractivity contribution in [1.82, 2.24) is 0 Å². The highest BCUT2D eigenvalue weighted by atomic mass is 35.5. The Hall–Kier alpha value is -0.505. The molecule has 1 aromatic rings. The molecule has 1 heterocycles. The maximum absolute atomic E-state index is 6.34. The molecular formula is C16H22BClO2. The monoisotopic (exact) mass is 292 g/mol. The van der Waals surface area contributed by atoms with E-state index in [1.54, 1.807) is 0 Å². The molecule has 1 saturated carbocycles. The van der Waals surface area contributed by atoms with Gasteiger partial charge in [-0.3, -0.25) is 0 Å². The van der Waals surface area contributed by atoms with E-state index in [9.17, 15) is 0 Å². The van der Waals surface area contributed by atoms with Gasteiger partial charge in [-0.15, -0.1) is 0 Å². The summed E-state index contributed by atoms with van der Waals surface area (Å²) in [5, 5.41) is 0.870. The quantitative estimate of drug-likeness (QED) is 0.770. The Morgan fingerprint density at radius 3 is 2.20 bits per heavy atom. The van der Waals surface area contributed by atoms with Crippen LogP contribution < -0.4 is 5.46 Å². The van der Waals surface area contributed by atoms with E-state index in [4.69, 9.17) is 20.9 Å². The van der Waals surface area contributed by atoms with Gasteiger partial charge in [-0.1, -0.05) is 30.2 Å². The standard InChI is InChI=1S/C16H22BClO2/c1-15(2)16(3,4)20-17(19-15)12-8-9-14(18)13(10-12)11-6-5-7-11/h8-11H,5-7H2,1-4H3. The van der Waals surface area contributed by atoms with Gasteiger partial charge in [0.1, 0.15) is 0 Å². The number of hydrogen-bond donors (Lipinski definition) is 0. The van der Waals surface area contributed by atoms with E-state index in [0.717, 1.165) is 10.5 Å². The predicted octanol–water partition coefficient (Wildman–Crippen LogP) is 3.91. The summed E-state index contributed by atoms with van der Waals surface area (Å²) < 4.78 is 12.2. The van der Waals surface area contributed by atoms with Crippen LogP contribution in [0.3, 0.4) is 0 Å². The van der Waals surface area contributed by atoms with Crippen LogP contribution >= 0.6 is 11.6 Å². The van der Waals surface area contributed by atoms with Gasteiger partial charge in [0.25, 0.3) is 0 Å². The zero-order valence-corrected chi connectivity index (χ0v) is 13.5. The number of benzene rings is 1. The highest BCUT2D eigenvalue weighted by Crippen LogP contribution is 2.40. The van der Waals surface area contributed by atoms with Gasteiger partial charge in [-0.25, -0.2) is 0 Å². The van der Waals surface area contributed by atoms with E-state index in [0.29, 0.717) is 5.92 Å². The van der Waals surface area contributed by atoms with Crippen molar-refractivity contribution in [3.63, 3.8) is 0 Å². The lowest BCUT2D eigenvalue weighted by Gasteiger charge is -2.32. The Balaban J connectivity index is 1.88. The van der Waals surface area contributed by atoms with E-state index in [1.165, 1.54) is 24.8 Å². The first-order chi connectivity index (χ1) is 9.30. The third-order valence-corrected chi connectivity index (χ3v) is 5.43. The van der Waals surface area contributed by atoms with Crippen molar-refractivity contribution in [2.45, 2.75) is 64.1 Å². The fourth-order valence-electron chi connectivity index (χ4n) is 2.72. The topological polar surface area (TPSA) is 18.5 Å². The van der Waals surface area contributed by atoms with Gasteiger partial charge >= 0.3 is 7.12 Å². The van der Waals surface area contributed by atoms with Gasteiger partial charge in [-0.2, -0.15) is 0 Å². The summed E-state index contributed by atoms with van der Waals surface area (Å²) in [6.07, 6.45) is 3.79. The normalized spacial score (nSPS) is 24.8. The minimum absolute atomic E-state index is 0.295. The van der Waals surface area contributed by atoms with Gasteiger partial charge in [0.2, 0.25) is 0 Å². The molecule has 2 nitrogen and oxygen atoms in total. The number of rotatable bonds is 2. The molecule has 2 aliphatic rings. The molecule has 1 aliphatic carbocycles. The van der Waals surface area contributed by atoms with Crippen molar-refractivity contribution in [1.29, 1.82) is 0 Å². The SMILES string of the molecule is CC1(C)OB(c2ccc(Cl)c(C3CCC3)c2)OC1(C)C. The maximum Gasteiger partial charge on any atom is 0.494 e. The molecule has 0 aromatic heterocycles. The van der Waals surface area contributed by atoms with E-state index >= 15 is 0 Å². The molecule has 108 valence electrons. The van der Waals surface area contributed by atoms with Gasteiger partial charge in [0.05, 0.1) is 11.2 Å². The lowest BCUT2D eigenvalue weighted by molar-refractivity contribution is 0.00578. The van der Waals surface area contributed by atoms with Crippen molar-refractivity contribution in [3.05, 3.63) is 28.8 Å². The third-order valence-electron chi connectivity index (χ3n) is 5.09. The van der Waals surface area contributed by atoms with Crippen molar-refractivity contribution < 1.29 is 9.31 Å². The predicted molar refractivity (Wildman–Crippen MR) is 83.8 cm³/mol. The molecule has 0 radical (unpaired) electrons. The molecule has 0 amide bonds. The summed E-state index contributed by atoms with van der Waals surface area (Å²) in [6.45, 7) is 8.32. The van der Waals surface area contributed by atoms with Crippen LogP contribution in [0.4, 0.5) is 0 Å². The maximum atomic E-state index is 6.34. The molecule has 3 rings (SSSR count). The van der Waals surface area contributed by atoms with Crippen LogP contribution in [0.5, 0.6) is 0 Å². The molecule has 2 fully saturated rings. The molecule has 20 heavy (non-hydrogen) atoms. The lowest BCUT2D eigenvalue weighted by Crippen LogP contribution is -2.41. The van der Waals surface area contributed by atoms with E-state index in [1.807, 2.05) is 12.1 Å².